The number of likely N-dealkylation sites (N-methyl/N-ethyl adjacent to an activating group) is 1. The minimum absolute atomic E-state index is 0.0464. The Labute approximate surface area is 67.3 Å². The third-order valence-corrected chi connectivity index (χ3v) is 1.85. The molecule has 0 saturated heterocycles. The number of hydrogen-bond acceptors (Lipinski definition) is 5. The highest BCUT2D eigenvalue weighted by Crippen LogP contribution is 2.12. The molecule has 6 heteroatoms. The summed E-state index contributed by atoms with van der Waals surface area (Å²) in [5, 5.41) is 16.3. The number of carboxylic acid groups (broad SMARTS) is 1. The van der Waals surface area contributed by atoms with Gasteiger partial charge in [0.2, 0.25) is 5.13 Å². The standard InChI is InChI=1S/C5H7N3O2S/c1-8(2-4(9)10)5-7-6-3-11-5/h3H,2H2,1H3,(H,9,10). The molecule has 0 aromatic carbocycles. The minimum Gasteiger partial charge on any atom is -0.480 e. The lowest BCUT2D eigenvalue weighted by Gasteiger charge is -2.10. The van der Waals surface area contributed by atoms with Crippen LogP contribution in [0.2, 0.25) is 0 Å². The van der Waals surface area contributed by atoms with Gasteiger partial charge in [0.05, 0.1) is 0 Å². The lowest BCUT2D eigenvalue weighted by molar-refractivity contribution is -0.135. The van der Waals surface area contributed by atoms with Crippen LogP contribution >= 0.6 is 11.3 Å². The van der Waals surface area contributed by atoms with Crippen LogP contribution in [0.3, 0.4) is 0 Å². The maximum absolute atomic E-state index is 10.2. The van der Waals surface area contributed by atoms with Gasteiger partial charge < -0.3 is 10.0 Å². The quantitative estimate of drug-likeness (QED) is 0.700. The zero-order valence-electron chi connectivity index (χ0n) is 5.89. The molecule has 0 spiro atoms. The molecule has 0 amide bonds. The number of carbonyl (C=O) groups is 1. The van der Waals surface area contributed by atoms with Crippen LogP contribution in [0.25, 0.3) is 0 Å². The maximum Gasteiger partial charge on any atom is 0.323 e. The Morgan fingerprint density at radius 2 is 2.64 bits per heavy atom. The highest BCUT2D eigenvalue weighted by molar-refractivity contribution is 7.13. The first-order chi connectivity index (χ1) is 5.20. The van der Waals surface area contributed by atoms with E-state index in [1.807, 2.05) is 0 Å². The van der Waals surface area contributed by atoms with Gasteiger partial charge in [-0.3, -0.25) is 4.79 Å². The molecule has 0 unspecified atom stereocenters. The van der Waals surface area contributed by atoms with Gasteiger partial charge in [0.25, 0.3) is 0 Å². The Morgan fingerprint density at radius 3 is 3.09 bits per heavy atom. The summed E-state index contributed by atoms with van der Waals surface area (Å²) in [6.07, 6.45) is 0. The van der Waals surface area contributed by atoms with Crippen molar-refractivity contribution >= 4 is 22.4 Å². The van der Waals surface area contributed by atoms with Gasteiger partial charge in [-0.25, -0.2) is 0 Å². The fourth-order valence-electron chi connectivity index (χ4n) is 0.604. The molecule has 0 fully saturated rings. The minimum atomic E-state index is -0.872. The van der Waals surface area contributed by atoms with E-state index in [0.717, 1.165) is 0 Å². The van der Waals surface area contributed by atoms with Crippen LogP contribution in [0.4, 0.5) is 5.13 Å². The van der Waals surface area contributed by atoms with E-state index >= 15 is 0 Å². The molecule has 0 atom stereocenters. The highest BCUT2D eigenvalue weighted by atomic mass is 32.1. The Kier molecular flexibility index (Phi) is 2.37. The SMILES string of the molecule is CN(CC(=O)O)c1nncs1. The van der Waals surface area contributed by atoms with E-state index in [-0.39, 0.29) is 6.54 Å². The Balaban J connectivity index is 2.56. The van der Waals surface area contributed by atoms with Crippen LogP contribution in [0, 0.1) is 0 Å². The highest BCUT2D eigenvalue weighted by Gasteiger charge is 2.07. The normalized spacial score (nSPS) is 9.55. The summed E-state index contributed by atoms with van der Waals surface area (Å²) < 4.78 is 0. The van der Waals surface area contributed by atoms with Gasteiger partial charge in [-0.1, -0.05) is 11.3 Å². The van der Waals surface area contributed by atoms with Gasteiger partial charge in [0.1, 0.15) is 12.1 Å². The van der Waals surface area contributed by atoms with E-state index in [1.165, 1.54) is 16.2 Å². The first-order valence-electron chi connectivity index (χ1n) is 2.89. The van der Waals surface area contributed by atoms with E-state index in [9.17, 15) is 4.79 Å². The van der Waals surface area contributed by atoms with Crippen LogP contribution in [0.1, 0.15) is 0 Å². The number of nitrogens with zero attached hydrogens (tertiary/aromatic N) is 3. The summed E-state index contributed by atoms with van der Waals surface area (Å²) in [5.41, 5.74) is 1.56. The fraction of sp³-hybridized carbons (Fsp3) is 0.400. The number of carboxylic acids is 1. The molecule has 0 aliphatic rings. The lowest BCUT2D eigenvalue weighted by Crippen LogP contribution is -2.24. The van der Waals surface area contributed by atoms with Gasteiger partial charge in [0, 0.05) is 7.05 Å². The van der Waals surface area contributed by atoms with Crippen molar-refractivity contribution in [1.82, 2.24) is 10.2 Å². The lowest BCUT2D eigenvalue weighted by atomic mass is 10.6. The molecule has 0 aliphatic heterocycles. The molecule has 1 rings (SSSR count). The predicted molar refractivity (Wildman–Crippen MR) is 40.8 cm³/mol. The first-order valence-corrected chi connectivity index (χ1v) is 3.77. The molecule has 60 valence electrons. The number of hydrogen-bond donors (Lipinski definition) is 1. The fourth-order valence-corrected chi connectivity index (χ4v) is 1.13. The average molecular weight is 173 g/mol. The molecule has 0 saturated carbocycles. The summed E-state index contributed by atoms with van der Waals surface area (Å²) >= 11 is 1.31. The van der Waals surface area contributed by atoms with E-state index in [0.29, 0.717) is 5.13 Å². The molecule has 1 N–H and O–H groups in total. The molecule has 5 nitrogen and oxygen atoms in total. The topological polar surface area (TPSA) is 66.3 Å². The smallest absolute Gasteiger partial charge is 0.323 e. The number of aliphatic carboxylic acids is 1. The molecule has 1 heterocycles. The van der Waals surface area contributed by atoms with Crippen LogP contribution in [0.5, 0.6) is 0 Å². The van der Waals surface area contributed by atoms with E-state index < -0.39 is 5.97 Å². The second-order valence-electron chi connectivity index (χ2n) is 1.97. The van der Waals surface area contributed by atoms with Crippen molar-refractivity contribution in [3.8, 4) is 0 Å². The second kappa shape index (κ2) is 3.29. The summed E-state index contributed by atoms with van der Waals surface area (Å²) in [4.78, 5) is 11.7. The third-order valence-electron chi connectivity index (χ3n) is 1.05. The van der Waals surface area contributed by atoms with E-state index in [4.69, 9.17) is 5.11 Å². The Morgan fingerprint density at radius 1 is 1.91 bits per heavy atom. The van der Waals surface area contributed by atoms with Gasteiger partial charge >= 0.3 is 5.97 Å². The Hall–Kier alpha value is -1.17. The summed E-state index contributed by atoms with van der Waals surface area (Å²) in [7, 11) is 1.66. The maximum atomic E-state index is 10.2. The molecular formula is C5H7N3O2S. The van der Waals surface area contributed by atoms with E-state index in [2.05, 4.69) is 10.2 Å². The van der Waals surface area contributed by atoms with Crippen molar-refractivity contribution < 1.29 is 9.90 Å². The van der Waals surface area contributed by atoms with Crippen molar-refractivity contribution in [2.75, 3.05) is 18.5 Å². The molecule has 0 bridgehead atoms. The first kappa shape index (κ1) is 7.93. The largest absolute Gasteiger partial charge is 0.480 e. The van der Waals surface area contributed by atoms with Crippen LogP contribution < -0.4 is 4.90 Å². The number of rotatable bonds is 3. The summed E-state index contributed by atoms with van der Waals surface area (Å²) in [6.45, 7) is -0.0464. The molecule has 1 aromatic rings. The summed E-state index contributed by atoms with van der Waals surface area (Å²) in [6, 6.07) is 0. The zero-order chi connectivity index (χ0) is 8.27. The molecule has 11 heavy (non-hydrogen) atoms. The van der Waals surface area contributed by atoms with Gasteiger partial charge in [0.15, 0.2) is 0 Å². The molecule has 0 radical (unpaired) electrons. The van der Waals surface area contributed by atoms with Gasteiger partial charge in [-0.05, 0) is 0 Å². The van der Waals surface area contributed by atoms with Crippen molar-refractivity contribution in [2.24, 2.45) is 0 Å². The van der Waals surface area contributed by atoms with Crippen molar-refractivity contribution in [3.05, 3.63) is 5.51 Å². The van der Waals surface area contributed by atoms with Gasteiger partial charge in [-0.2, -0.15) is 0 Å². The predicted octanol–water partition coefficient (Wildman–Crippen LogP) is 0.0589. The molecule has 1 aromatic heterocycles. The van der Waals surface area contributed by atoms with Gasteiger partial charge in [-0.15, -0.1) is 10.2 Å². The van der Waals surface area contributed by atoms with E-state index in [1.54, 1.807) is 12.6 Å². The molecule has 0 aliphatic carbocycles. The second-order valence-corrected chi connectivity index (χ2v) is 2.78. The van der Waals surface area contributed by atoms with Crippen LogP contribution in [-0.2, 0) is 4.79 Å². The molecular weight excluding hydrogens is 166 g/mol. The summed E-state index contributed by atoms with van der Waals surface area (Å²) in [5.74, 6) is -0.872. The third kappa shape index (κ3) is 2.15. The average Bonchev–Trinajstić information content (AvgIpc) is 2.35. The van der Waals surface area contributed by atoms with Crippen molar-refractivity contribution in [1.29, 1.82) is 0 Å². The van der Waals surface area contributed by atoms with Crippen LogP contribution in [-0.4, -0.2) is 34.9 Å². The zero-order valence-corrected chi connectivity index (χ0v) is 6.71. The number of aromatic nitrogens is 2. The Bertz CT molecular complexity index is 236. The monoisotopic (exact) mass is 173 g/mol. The van der Waals surface area contributed by atoms with Crippen molar-refractivity contribution in [2.45, 2.75) is 0 Å². The number of anilines is 1. The van der Waals surface area contributed by atoms with Crippen molar-refractivity contribution in [3.63, 3.8) is 0 Å². The van der Waals surface area contributed by atoms with Crippen LogP contribution in [0.15, 0.2) is 5.51 Å².